The molecule has 37 heavy (non-hydrogen) atoms. The van der Waals surface area contributed by atoms with Gasteiger partial charge >= 0.3 is 6.18 Å². The van der Waals surface area contributed by atoms with Gasteiger partial charge in [0, 0.05) is 31.6 Å². The fraction of sp³-hybridized carbons (Fsp3) is 0.320. The normalized spacial score (nSPS) is 17.9. The summed E-state index contributed by atoms with van der Waals surface area (Å²) in [4.78, 5) is 24.9. The van der Waals surface area contributed by atoms with Crippen LogP contribution < -0.4 is 4.74 Å². The molecule has 1 amide bonds. The second-order valence-electron chi connectivity index (χ2n) is 8.73. The van der Waals surface area contributed by atoms with Crippen molar-refractivity contribution in [2.75, 3.05) is 27.2 Å². The van der Waals surface area contributed by atoms with Crippen molar-refractivity contribution in [2.24, 2.45) is 0 Å². The maximum absolute atomic E-state index is 14.2. The van der Waals surface area contributed by atoms with E-state index in [0.717, 1.165) is 17.7 Å². The first kappa shape index (κ1) is 27.1. The van der Waals surface area contributed by atoms with Gasteiger partial charge in [-0.3, -0.25) is 14.7 Å². The summed E-state index contributed by atoms with van der Waals surface area (Å²) in [6.07, 6.45) is -2.04. The highest BCUT2D eigenvalue weighted by Crippen LogP contribution is 2.36. The Morgan fingerprint density at radius 2 is 1.89 bits per heavy atom. The minimum Gasteiger partial charge on any atom is -0.480 e. The SMILES string of the molecule is COc1cncc(C(=O)N2C[C@H](c3ccc(Cl)c(Cl)c3)[C@@H](N(C)Cc3ccc(C(F)(F)F)c(F)c3)C2)n1. The Labute approximate surface area is 220 Å². The Bertz CT molecular complexity index is 1310. The van der Waals surface area contributed by atoms with Gasteiger partial charge in [-0.15, -0.1) is 0 Å². The van der Waals surface area contributed by atoms with Crippen LogP contribution in [0.3, 0.4) is 0 Å². The summed E-state index contributed by atoms with van der Waals surface area (Å²) in [6, 6.07) is 7.81. The van der Waals surface area contributed by atoms with Gasteiger partial charge in [-0.05, 0) is 42.4 Å². The van der Waals surface area contributed by atoms with Crippen molar-refractivity contribution in [3.63, 3.8) is 0 Å². The van der Waals surface area contributed by atoms with Gasteiger partial charge in [0.2, 0.25) is 5.88 Å². The number of methoxy groups -OCH3 is 1. The summed E-state index contributed by atoms with van der Waals surface area (Å²) >= 11 is 12.3. The molecule has 3 aromatic rings. The predicted octanol–water partition coefficient (Wildman–Crippen LogP) is 5.69. The van der Waals surface area contributed by atoms with E-state index in [1.807, 2.05) is 11.0 Å². The first-order valence-corrected chi connectivity index (χ1v) is 11.9. The van der Waals surface area contributed by atoms with E-state index >= 15 is 0 Å². The highest BCUT2D eigenvalue weighted by atomic mass is 35.5. The summed E-state index contributed by atoms with van der Waals surface area (Å²) in [5.74, 6) is -1.71. The van der Waals surface area contributed by atoms with Crippen molar-refractivity contribution in [1.29, 1.82) is 0 Å². The lowest BCUT2D eigenvalue weighted by molar-refractivity contribution is -0.140. The van der Waals surface area contributed by atoms with Crippen LogP contribution in [0.1, 0.15) is 33.1 Å². The van der Waals surface area contributed by atoms with Crippen molar-refractivity contribution < 1.29 is 27.1 Å². The van der Waals surface area contributed by atoms with Crippen LogP contribution in [-0.4, -0.2) is 59.0 Å². The van der Waals surface area contributed by atoms with Crippen LogP contribution in [0.5, 0.6) is 5.88 Å². The standard InChI is InChI=1S/C25H22Cl2F4N4O2/c1-34(11-14-3-5-17(20(28)7-14)25(29,30)31)22-13-35(24(36)21-9-32-10-23(33-21)37-2)12-16(22)15-4-6-18(26)19(27)8-15/h3-10,16,22H,11-13H2,1-2H3/t16-,22+/m1/s1. The molecule has 4 rings (SSSR count). The van der Waals surface area contributed by atoms with Crippen LogP contribution in [0.4, 0.5) is 17.6 Å². The number of hydrogen-bond donors (Lipinski definition) is 0. The minimum atomic E-state index is -4.78. The molecule has 2 aromatic carbocycles. The second-order valence-corrected chi connectivity index (χ2v) is 9.55. The van der Waals surface area contributed by atoms with E-state index < -0.39 is 17.6 Å². The van der Waals surface area contributed by atoms with Gasteiger partial charge < -0.3 is 9.64 Å². The molecule has 0 spiro atoms. The molecule has 6 nitrogen and oxygen atoms in total. The number of ether oxygens (including phenoxy) is 1. The van der Waals surface area contributed by atoms with Gasteiger partial charge in [-0.1, -0.05) is 35.3 Å². The molecular weight excluding hydrogens is 535 g/mol. The molecule has 0 saturated carbocycles. The Morgan fingerprint density at radius 3 is 2.54 bits per heavy atom. The molecule has 0 N–H and O–H groups in total. The topological polar surface area (TPSA) is 58.6 Å². The van der Waals surface area contributed by atoms with Crippen molar-refractivity contribution in [2.45, 2.75) is 24.7 Å². The maximum Gasteiger partial charge on any atom is 0.419 e. The fourth-order valence-corrected chi connectivity index (χ4v) is 4.78. The van der Waals surface area contributed by atoms with Crippen LogP contribution in [0, 0.1) is 5.82 Å². The van der Waals surface area contributed by atoms with E-state index in [1.165, 1.54) is 25.6 Å². The van der Waals surface area contributed by atoms with E-state index in [-0.39, 0.29) is 42.5 Å². The molecule has 196 valence electrons. The lowest BCUT2D eigenvalue weighted by Gasteiger charge is -2.29. The van der Waals surface area contributed by atoms with Crippen molar-refractivity contribution in [3.05, 3.63) is 87.0 Å². The zero-order valence-electron chi connectivity index (χ0n) is 19.8. The van der Waals surface area contributed by atoms with Gasteiger partial charge in [0.05, 0.1) is 35.1 Å². The largest absolute Gasteiger partial charge is 0.480 e. The summed E-state index contributed by atoms with van der Waals surface area (Å²) in [6.45, 7) is 0.743. The molecule has 1 aromatic heterocycles. The molecule has 1 aliphatic rings. The predicted molar refractivity (Wildman–Crippen MR) is 130 cm³/mol. The fourth-order valence-electron chi connectivity index (χ4n) is 4.47. The number of likely N-dealkylation sites (N-methyl/N-ethyl adjacent to an activating group) is 1. The number of rotatable bonds is 6. The Hall–Kier alpha value is -2.95. The maximum atomic E-state index is 14.2. The quantitative estimate of drug-likeness (QED) is 0.365. The van der Waals surface area contributed by atoms with Crippen LogP contribution in [0.25, 0.3) is 0 Å². The first-order valence-electron chi connectivity index (χ1n) is 11.1. The molecule has 0 unspecified atom stereocenters. The van der Waals surface area contributed by atoms with Gasteiger partial charge in [-0.2, -0.15) is 13.2 Å². The van der Waals surface area contributed by atoms with Gasteiger partial charge in [0.25, 0.3) is 5.91 Å². The number of aromatic nitrogens is 2. The van der Waals surface area contributed by atoms with Crippen LogP contribution >= 0.6 is 23.2 Å². The molecule has 0 radical (unpaired) electrons. The number of carbonyl (C=O) groups is 1. The summed E-state index contributed by atoms with van der Waals surface area (Å²) < 4.78 is 58.1. The van der Waals surface area contributed by atoms with E-state index in [4.69, 9.17) is 27.9 Å². The van der Waals surface area contributed by atoms with E-state index in [2.05, 4.69) is 9.97 Å². The molecule has 1 fully saturated rings. The van der Waals surface area contributed by atoms with Gasteiger partial charge in [0.1, 0.15) is 5.82 Å². The third kappa shape index (κ3) is 5.97. The number of halogens is 6. The Morgan fingerprint density at radius 1 is 1.14 bits per heavy atom. The van der Waals surface area contributed by atoms with Gasteiger partial charge in [-0.25, -0.2) is 9.37 Å². The lowest BCUT2D eigenvalue weighted by atomic mass is 9.93. The van der Waals surface area contributed by atoms with E-state index in [0.29, 0.717) is 22.2 Å². The first-order chi connectivity index (χ1) is 17.5. The number of hydrogen-bond acceptors (Lipinski definition) is 5. The van der Waals surface area contributed by atoms with Crippen molar-refractivity contribution >= 4 is 29.1 Å². The van der Waals surface area contributed by atoms with Crippen LogP contribution in [-0.2, 0) is 12.7 Å². The average Bonchev–Trinajstić information content (AvgIpc) is 3.30. The molecular formula is C25H22Cl2F4N4O2. The third-order valence-corrected chi connectivity index (χ3v) is 7.06. The van der Waals surface area contributed by atoms with Gasteiger partial charge in [0.15, 0.2) is 5.69 Å². The smallest absolute Gasteiger partial charge is 0.419 e. The second kappa shape index (κ2) is 10.8. The lowest BCUT2D eigenvalue weighted by Crippen LogP contribution is -2.38. The minimum absolute atomic E-state index is 0.111. The highest BCUT2D eigenvalue weighted by Gasteiger charge is 2.40. The van der Waals surface area contributed by atoms with E-state index in [9.17, 15) is 22.4 Å². The molecule has 1 saturated heterocycles. The zero-order chi connectivity index (χ0) is 26.9. The molecule has 12 heteroatoms. The monoisotopic (exact) mass is 556 g/mol. The Balaban J connectivity index is 1.61. The number of carbonyl (C=O) groups excluding carboxylic acids is 1. The number of amides is 1. The van der Waals surface area contributed by atoms with Crippen LogP contribution in [0.15, 0.2) is 48.8 Å². The molecule has 2 heterocycles. The highest BCUT2D eigenvalue weighted by molar-refractivity contribution is 6.42. The molecule has 0 bridgehead atoms. The molecule has 0 aliphatic carbocycles. The van der Waals surface area contributed by atoms with Crippen molar-refractivity contribution in [1.82, 2.24) is 19.8 Å². The summed E-state index contributed by atoms with van der Waals surface area (Å²) in [5, 5.41) is 0.738. The number of nitrogens with zero attached hydrogens (tertiary/aromatic N) is 4. The zero-order valence-corrected chi connectivity index (χ0v) is 21.3. The summed E-state index contributed by atoms with van der Waals surface area (Å²) in [7, 11) is 3.19. The third-order valence-electron chi connectivity index (χ3n) is 6.33. The number of benzene rings is 2. The number of likely N-dealkylation sites (tertiary alicyclic amines) is 1. The van der Waals surface area contributed by atoms with Crippen molar-refractivity contribution in [3.8, 4) is 5.88 Å². The van der Waals surface area contributed by atoms with Crippen LogP contribution in [0.2, 0.25) is 10.0 Å². The molecule has 2 atom stereocenters. The average molecular weight is 557 g/mol. The number of alkyl halides is 3. The molecule has 1 aliphatic heterocycles. The van der Waals surface area contributed by atoms with E-state index in [1.54, 1.807) is 24.1 Å². The summed E-state index contributed by atoms with van der Waals surface area (Å²) in [5.41, 5.74) is -0.00817. The Kier molecular flexibility index (Phi) is 7.91.